The molecule has 0 spiro atoms. The first-order valence-corrected chi connectivity index (χ1v) is 4.65. The first kappa shape index (κ1) is 13.5. The van der Waals surface area contributed by atoms with Crippen LogP contribution in [0.2, 0.25) is 0 Å². The van der Waals surface area contributed by atoms with Crippen LogP contribution in [0.1, 0.15) is 27.2 Å². The van der Waals surface area contributed by atoms with Crippen molar-refractivity contribution in [3.05, 3.63) is 10.1 Å². The Hall–Kier alpha value is -1.46. The molecule has 2 atom stereocenters. The van der Waals surface area contributed by atoms with E-state index in [2.05, 4.69) is 4.74 Å². The highest BCUT2D eigenvalue weighted by molar-refractivity contribution is 5.79. The highest BCUT2D eigenvalue weighted by Crippen LogP contribution is 2.21. The Morgan fingerprint density at radius 3 is 2.53 bits per heavy atom. The van der Waals surface area contributed by atoms with E-state index < -0.39 is 22.3 Å². The van der Waals surface area contributed by atoms with E-state index in [1.165, 1.54) is 13.8 Å². The van der Waals surface area contributed by atoms with Crippen molar-refractivity contribution in [2.24, 2.45) is 5.92 Å². The Bertz CT molecular complexity index is 265. The summed E-state index contributed by atoms with van der Waals surface area (Å²) in [5.74, 6) is -1.45. The topological polar surface area (TPSA) is 86.5 Å². The summed E-state index contributed by atoms with van der Waals surface area (Å²) in [7, 11) is 0. The highest BCUT2D eigenvalue weighted by atomic mass is 16.6. The molecular formula is C9H15NO5. The third-order valence-corrected chi connectivity index (χ3v) is 2.07. The fourth-order valence-electron chi connectivity index (χ4n) is 1.19. The number of carbonyl (C=O) groups excluding carboxylic acids is 2. The van der Waals surface area contributed by atoms with Gasteiger partial charge in [-0.1, -0.05) is 6.92 Å². The zero-order valence-corrected chi connectivity index (χ0v) is 9.06. The van der Waals surface area contributed by atoms with Gasteiger partial charge in [0.05, 0.1) is 6.61 Å². The van der Waals surface area contributed by atoms with Crippen molar-refractivity contribution in [3.63, 3.8) is 0 Å². The standard InChI is InChI=1S/C9H15NO5/c1-4-15-8(12)9(3,10(13)14)5-7(2)6-11/h6-7H,4-5H2,1-3H3/t7-,9-/m1/s1. The molecule has 0 heterocycles. The summed E-state index contributed by atoms with van der Waals surface area (Å²) in [6.45, 7) is 4.35. The van der Waals surface area contributed by atoms with Crippen molar-refractivity contribution in [2.75, 3.05) is 6.61 Å². The third-order valence-electron chi connectivity index (χ3n) is 2.07. The summed E-state index contributed by atoms with van der Waals surface area (Å²) in [5, 5.41) is 10.8. The van der Waals surface area contributed by atoms with Crippen LogP contribution < -0.4 is 0 Å². The fourth-order valence-corrected chi connectivity index (χ4v) is 1.19. The molecule has 0 radical (unpaired) electrons. The Balaban J connectivity index is 4.81. The van der Waals surface area contributed by atoms with E-state index >= 15 is 0 Å². The van der Waals surface area contributed by atoms with Crippen molar-refractivity contribution in [2.45, 2.75) is 32.7 Å². The van der Waals surface area contributed by atoms with Crippen LogP contribution in [0.25, 0.3) is 0 Å². The fraction of sp³-hybridized carbons (Fsp3) is 0.778. The minimum atomic E-state index is -1.84. The molecule has 6 nitrogen and oxygen atoms in total. The maximum Gasteiger partial charge on any atom is 0.384 e. The first-order chi connectivity index (χ1) is 6.88. The second-order valence-electron chi connectivity index (χ2n) is 3.57. The molecule has 0 amide bonds. The molecule has 0 rings (SSSR count). The van der Waals surface area contributed by atoms with E-state index in [0.717, 1.165) is 0 Å². The SMILES string of the molecule is CCOC(=O)[C@@](C)(C[C@@H](C)C=O)[N+](=O)[O-]. The van der Waals surface area contributed by atoms with E-state index in [4.69, 9.17) is 0 Å². The molecule has 0 saturated carbocycles. The van der Waals surface area contributed by atoms with E-state index in [1.807, 2.05) is 0 Å². The molecular weight excluding hydrogens is 202 g/mol. The lowest BCUT2D eigenvalue weighted by Gasteiger charge is -2.19. The lowest BCUT2D eigenvalue weighted by Crippen LogP contribution is -2.46. The van der Waals surface area contributed by atoms with Gasteiger partial charge in [0.25, 0.3) is 0 Å². The summed E-state index contributed by atoms with van der Waals surface area (Å²) in [4.78, 5) is 31.9. The van der Waals surface area contributed by atoms with Crippen molar-refractivity contribution < 1.29 is 19.2 Å². The number of hydrogen-bond donors (Lipinski definition) is 0. The molecule has 86 valence electrons. The largest absolute Gasteiger partial charge is 0.461 e. The molecule has 0 aliphatic carbocycles. The highest BCUT2D eigenvalue weighted by Gasteiger charge is 2.48. The lowest BCUT2D eigenvalue weighted by atomic mass is 9.91. The van der Waals surface area contributed by atoms with Gasteiger partial charge in [-0.15, -0.1) is 0 Å². The molecule has 15 heavy (non-hydrogen) atoms. The van der Waals surface area contributed by atoms with Gasteiger partial charge < -0.3 is 9.53 Å². The zero-order chi connectivity index (χ0) is 12.1. The van der Waals surface area contributed by atoms with Crippen LogP contribution >= 0.6 is 0 Å². The average molecular weight is 217 g/mol. The first-order valence-electron chi connectivity index (χ1n) is 4.65. The summed E-state index contributed by atoms with van der Waals surface area (Å²) in [6, 6.07) is 0. The van der Waals surface area contributed by atoms with E-state index in [-0.39, 0.29) is 13.0 Å². The number of hydrogen-bond acceptors (Lipinski definition) is 5. The smallest absolute Gasteiger partial charge is 0.384 e. The van der Waals surface area contributed by atoms with E-state index in [1.54, 1.807) is 6.92 Å². The van der Waals surface area contributed by atoms with Crippen molar-refractivity contribution in [3.8, 4) is 0 Å². The van der Waals surface area contributed by atoms with Crippen LogP contribution in [0.3, 0.4) is 0 Å². The van der Waals surface area contributed by atoms with Crippen molar-refractivity contribution in [1.29, 1.82) is 0 Å². The predicted molar refractivity (Wildman–Crippen MR) is 51.9 cm³/mol. The Kier molecular flexibility index (Phi) is 4.90. The summed E-state index contributed by atoms with van der Waals surface area (Å²) in [5.41, 5.74) is -1.84. The van der Waals surface area contributed by atoms with Gasteiger partial charge in [-0.05, 0) is 6.92 Å². The Labute approximate surface area is 87.7 Å². The molecule has 0 aromatic carbocycles. The quantitative estimate of drug-likeness (QED) is 0.284. The van der Waals surface area contributed by atoms with Gasteiger partial charge in [-0.3, -0.25) is 10.1 Å². The van der Waals surface area contributed by atoms with Crippen LogP contribution in [0, 0.1) is 16.0 Å². The summed E-state index contributed by atoms with van der Waals surface area (Å²) in [6.07, 6.45) is 0.434. The van der Waals surface area contributed by atoms with Gasteiger partial charge in [0, 0.05) is 24.2 Å². The maximum atomic E-state index is 11.4. The van der Waals surface area contributed by atoms with Gasteiger partial charge in [0.15, 0.2) is 0 Å². The molecule has 0 fully saturated rings. The molecule has 6 heteroatoms. The third kappa shape index (κ3) is 3.30. The van der Waals surface area contributed by atoms with Gasteiger partial charge >= 0.3 is 11.5 Å². The normalized spacial score (nSPS) is 16.2. The van der Waals surface area contributed by atoms with E-state index in [0.29, 0.717) is 6.29 Å². The van der Waals surface area contributed by atoms with Gasteiger partial charge in [-0.2, -0.15) is 0 Å². The minimum absolute atomic E-state index is 0.0811. The Morgan fingerprint density at radius 2 is 2.20 bits per heavy atom. The van der Waals surface area contributed by atoms with Crippen LogP contribution in [0.5, 0.6) is 0 Å². The Morgan fingerprint density at radius 1 is 1.67 bits per heavy atom. The second kappa shape index (κ2) is 5.43. The van der Waals surface area contributed by atoms with Gasteiger partial charge in [0.1, 0.15) is 6.29 Å². The number of rotatable bonds is 6. The summed E-state index contributed by atoms with van der Waals surface area (Å²) >= 11 is 0. The predicted octanol–water partition coefficient (Wildman–Crippen LogP) is 0.810. The van der Waals surface area contributed by atoms with Crippen LogP contribution in [0.15, 0.2) is 0 Å². The molecule has 0 aromatic rings. The van der Waals surface area contributed by atoms with E-state index in [9.17, 15) is 19.7 Å². The zero-order valence-electron chi connectivity index (χ0n) is 9.06. The van der Waals surface area contributed by atoms with Gasteiger partial charge in [-0.25, -0.2) is 4.79 Å². The summed E-state index contributed by atoms with van der Waals surface area (Å²) < 4.78 is 4.62. The van der Waals surface area contributed by atoms with Crippen LogP contribution in [0.4, 0.5) is 0 Å². The lowest BCUT2D eigenvalue weighted by molar-refractivity contribution is -0.552. The second-order valence-corrected chi connectivity index (χ2v) is 3.57. The minimum Gasteiger partial charge on any atom is -0.461 e. The van der Waals surface area contributed by atoms with Crippen LogP contribution in [-0.4, -0.2) is 29.3 Å². The molecule has 0 N–H and O–H groups in total. The maximum absolute atomic E-state index is 11.4. The number of nitrogens with zero attached hydrogens (tertiary/aromatic N) is 1. The number of nitro groups is 1. The van der Waals surface area contributed by atoms with Crippen molar-refractivity contribution in [1.82, 2.24) is 0 Å². The monoisotopic (exact) mass is 217 g/mol. The number of aldehydes is 1. The molecule has 0 aliphatic rings. The molecule has 0 unspecified atom stereocenters. The molecule has 0 saturated heterocycles. The molecule has 0 aromatic heterocycles. The number of ether oxygens (including phenoxy) is 1. The van der Waals surface area contributed by atoms with Gasteiger partial charge in [0.2, 0.25) is 0 Å². The number of carbonyl (C=O) groups is 2. The van der Waals surface area contributed by atoms with Crippen molar-refractivity contribution >= 4 is 12.3 Å². The van der Waals surface area contributed by atoms with Crippen LogP contribution in [-0.2, 0) is 14.3 Å². The molecule has 0 aliphatic heterocycles. The molecule has 0 bridgehead atoms. The average Bonchev–Trinajstić information content (AvgIpc) is 2.17. The number of esters is 1.